The van der Waals surface area contributed by atoms with Crippen LogP contribution < -0.4 is 26.0 Å². The summed E-state index contributed by atoms with van der Waals surface area (Å²) in [6, 6.07) is 11.1. The number of hydrogen-bond acceptors (Lipinski definition) is 5. The second kappa shape index (κ2) is 8.42. The number of anilines is 3. The van der Waals surface area contributed by atoms with Crippen LogP contribution in [0.4, 0.5) is 17.1 Å². The highest BCUT2D eigenvalue weighted by Crippen LogP contribution is 2.30. The highest BCUT2D eigenvalue weighted by Gasteiger charge is 2.20. The molecule has 0 radical (unpaired) electrons. The van der Waals surface area contributed by atoms with Gasteiger partial charge in [0.25, 0.3) is 5.91 Å². The van der Waals surface area contributed by atoms with E-state index in [9.17, 15) is 19.2 Å². The van der Waals surface area contributed by atoms with Gasteiger partial charge in [-0.2, -0.15) is 0 Å². The van der Waals surface area contributed by atoms with E-state index in [2.05, 4.69) is 21.3 Å². The number of fused-ring (bicyclic) bond motifs is 1. The molecule has 0 saturated heterocycles. The van der Waals surface area contributed by atoms with E-state index in [1.807, 2.05) is 0 Å². The topological polar surface area (TPSA) is 126 Å². The van der Waals surface area contributed by atoms with Gasteiger partial charge in [-0.15, -0.1) is 0 Å². The summed E-state index contributed by atoms with van der Waals surface area (Å²) in [5.41, 5.74) is 2.09. The summed E-state index contributed by atoms with van der Waals surface area (Å²) < 4.78 is 5.30. The van der Waals surface area contributed by atoms with Crippen molar-refractivity contribution in [3.63, 3.8) is 0 Å². The average Bonchev–Trinajstić information content (AvgIpc) is 2.67. The lowest BCUT2D eigenvalue weighted by Gasteiger charge is -2.20. The van der Waals surface area contributed by atoms with Crippen LogP contribution >= 0.6 is 0 Å². The molecule has 0 bridgehead atoms. The van der Waals surface area contributed by atoms with Gasteiger partial charge in [-0.3, -0.25) is 19.2 Å². The van der Waals surface area contributed by atoms with Crippen molar-refractivity contribution < 1.29 is 23.9 Å². The standard InChI is InChI=1S/C20H20N4O5/c1-11(13-6-7-17-16(8-13)24-18(26)10-29-17)21-19(27)20(28)23-15-5-3-4-14(9-15)22-12(2)25/h3-9,11H,10H2,1-2H3,(H,21,27)(H,22,25)(H,23,28)(H,24,26). The maximum Gasteiger partial charge on any atom is 0.313 e. The molecule has 1 aliphatic heterocycles. The molecule has 29 heavy (non-hydrogen) atoms. The van der Waals surface area contributed by atoms with Crippen molar-refractivity contribution in [1.29, 1.82) is 0 Å². The molecule has 3 rings (SSSR count). The Morgan fingerprint density at radius 3 is 2.48 bits per heavy atom. The van der Waals surface area contributed by atoms with E-state index in [4.69, 9.17) is 4.74 Å². The summed E-state index contributed by atoms with van der Waals surface area (Å²) in [5, 5.41) is 10.4. The van der Waals surface area contributed by atoms with E-state index in [1.165, 1.54) is 6.92 Å². The van der Waals surface area contributed by atoms with E-state index in [0.717, 1.165) is 0 Å². The number of ether oxygens (including phenoxy) is 1. The van der Waals surface area contributed by atoms with Crippen molar-refractivity contribution in [2.75, 3.05) is 22.6 Å². The summed E-state index contributed by atoms with van der Waals surface area (Å²) in [5.74, 6) is -1.62. The smallest absolute Gasteiger partial charge is 0.313 e. The van der Waals surface area contributed by atoms with Crippen LogP contribution in [0.5, 0.6) is 5.75 Å². The highest BCUT2D eigenvalue weighted by atomic mass is 16.5. The summed E-state index contributed by atoms with van der Waals surface area (Å²) in [4.78, 5) is 47.0. The molecule has 1 aliphatic rings. The molecule has 150 valence electrons. The first-order valence-corrected chi connectivity index (χ1v) is 8.88. The summed E-state index contributed by atoms with van der Waals surface area (Å²) in [6.07, 6.45) is 0. The lowest BCUT2D eigenvalue weighted by atomic mass is 10.1. The maximum absolute atomic E-state index is 12.2. The zero-order valence-corrected chi connectivity index (χ0v) is 15.9. The minimum Gasteiger partial charge on any atom is -0.482 e. The summed E-state index contributed by atoms with van der Waals surface area (Å²) in [7, 11) is 0. The lowest BCUT2D eigenvalue weighted by molar-refractivity contribution is -0.136. The molecular formula is C20H20N4O5. The first kappa shape index (κ1) is 19.9. The number of carbonyl (C=O) groups is 4. The molecule has 9 nitrogen and oxygen atoms in total. The molecule has 0 saturated carbocycles. The normalized spacial score (nSPS) is 13.2. The molecule has 1 heterocycles. The van der Waals surface area contributed by atoms with E-state index in [1.54, 1.807) is 49.4 Å². The van der Waals surface area contributed by atoms with Crippen LogP contribution in [0.25, 0.3) is 0 Å². The van der Waals surface area contributed by atoms with Gasteiger partial charge in [0.05, 0.1) is 11.7 Å². The Morgan fingerprint density at radius 2 is 1.76 bits per heavy atom. The molecule has 1 unspecified atom stereocenters. The van der Waals surface area contributed by atoms with E-state index < -0.39 is 17.9 Å². The van der Waals surface area contributed by atoms with Crippen LogP contribution in [0, 0.1) is 0 Å². The van der Waals surface area contributed by atoms with Gasteiger partial charge in [-0.05, 0) is 42.8 Å². The van der Waals surface area contributed by atoms with Crippen molar-refractivity contribution in [2.24, 2.45) is 0 Å². The number of benzene rings is 2. The fourth-order valence-electron chi connectivity index (χ4n) is 2.78. The second-order valence-corrected chi connectivity index (χ2v) is 6.50. The summed E-state index contributed by atoms with van der Waals surface area (Å²) >= 11 is 0. The van der Waals surface area contributed by atoms with E-state index in [0.29, 0.717) is 28.4 Å². The van der Waals surface area contributed by atoms with Gasteiger partial charge in [0, 0.05) is 18.3 Å². The first-order valence-electron chi connectivity index (χ1n) is 8.88. The molecule has 2 aromatic carbocycles. The Kier molecular flexibility index (Phi) is 5.77. The van der Waals surface area contributed by atoms with Crippen molar-refractivity contribution in [3.8, 4) is 5.75 Å². The quantitative estimate of drug-likeness (QED) is 0.586. The van der Waals surface area contributed by atoms with Crippen molar-refractivity contribution in [1.82, 2.24) is 5.32 Å². The number of amides is 4. The van der Waals surface area contributed by atoms with Gasteiger partial charge in [0.1, 0.15) is 5.75 Å². The van der Waals surface area contributed by atoms with Crippen LogP contribution in [0.2, 0.25) is 0 Å². The summed E-state index contributed by atoms with van der Waals surface area (Å²) in [6.45, 7) is 3.05. The largest absolute Gasteiger partial charge is 0.482 e. The minimum atomic E-state index is -0.841. The van der Waals surface area contributed by atoms with Gasteiger partial charge in [-0.1, -0.05) is 12.1 Å². The first-order chi connectivity index (χ1) is 13.8. The predicted molar refractivity (Wildman–Crippen MR) is 106 cm³/mol. The number of rotatable bonds is 4. The molecule has 4 amide bonds. The molecule has 0 aromatic heterocycles. The zero-order chi connectivity index (χ0) is 21.0. The molecule has 0 aliphatic carbocycles. The molecule has 0 spiro atoms. The van der Waals surface area contributed by atoms with Crippen LogP contribution in [-0.4, -0.2) is 30.2 Å². The number of hydrogen-bond donors (Lipinski definition) is 4. The number of carbonyl (C=O) groups excluding carboxylic acids is 4. The van der Waals surface area contributed by atoms with E-state index in [-0.39, 0.29) is 18.4 Å². The fourth-order valence-corrected chi connectivity index (χ4v) is 2.78. The number of nitrogens with one attached hydrogen (secondary N) is 4. The van der Waals surface area contributed by atoms with Crippen molar-refractivity contribution in [3.05, 3.63) is 48.0 Å². The van der Waals surface area contributed by atoms with Gasteiger partial charge < -0.3 is 26.0 Å². The van der Waals surface area contributed by atoms with Crippen LogP contribution in [-0.2, 0) is 19.2 Å². The zero-order valence-electron chi connectivity index (χ0n) is 15.9. The Labute approximate surface area is 166 Å². The van der Waals surface area contributed by atoms with Crippen LogP contribution in [0.3, 0.4) is 0 Å². The van der Waals surface area contributed by atoms with Gasteiger partial charge in [0.2, 0.25) is 5.91 Å². The Bertz CT molecular complexity index is 989. The molecule has 9 heteroatoms. The molecule has 0 fully saturated rings. The fraction of sp³-hybridized carbons (Fsp3) is 0.200. The van der Waals surface area contributed by atoms with Gasteiger partial charge in [-0.25, -0.2) is 0 Å². The second-order valence-electron chi connectivity index (χ2n) is 6.50. The third-order valence-electron chi connectivity index (χ3n) is 4.13. The van der Waals surface area contributed by atoms with Gasteiger partial charge in [0.15, 0.2) is 6.61 Å². The van der Waals surface area contributed by atoms with Crippen molar-refractivity contribution in [2.45, 2.75) is 19.9 Å². The minimum absolute atomic E-state index is 0.0397. The van der Waals surface area contributed by atoms with Gasteiger partial charge >= 0.3 is 11.8 Å². The predicted octanol–water partition coefficient (Wildman–Crippen LogP) is 1.79. The molecule has 1 atom stereocenters. The molecule has 4 N–H and O–H groups in total. The SMILES string of the molecule is CC(=O)Nc1cccc(NC(=O)C(=O)NC(C)c2ccc3c(c2)NC(=O)CO3)c1. The Hall–Kier alpha value is -3.88. The van der Waals surface area contributed by atoms with Crippen molar-refractivity contribution >= 4 is 40.7 Å². The average molecular weight is 396 g/mol. The third-order valence-corrected chi connectivity index (χ3v) is 4.13. The van der Waals surface area contributed by atoms with Crippen LogP contribution in [0.1, 0.15) is 25.5 Å². The highest BCUT2D eigenvalue weighted by molar-refractivity contribution is 6.39. The Morgan fingerprint density at radius 1 is 1.03 bits per heavy atom. The molecular weight excluding hydrogens is 376 g/mol. The monoisotopic (exact) mass is 396 g/mol. The third kappa shape index (κ3) is 5.10. The maximum atomic E-state index is 12.2. The Balaban J connectivity index is 1.62. The van der Waals surface area contributed by atoms with Crippen LogP contribution in [0.15, 0.2) is 42.5 Å². The molecule has 2 aromatic rings. The van der Waals surface area contributed by atoms with E-state index >= 15 is 0 Å². The lowest BCUT2D eigenvalue weighted by Crippen LogP contribution is -2.37.